The Balaban J connectivity index is 0.00000160. The zero-order chi connectivity index (χ0) is 19.3. The lowest BCUT2D eigenvalue weighted by Crippen LogP contribution is -2.38. The van der Waals surface area contributed by atoms with Crippen molar-refractivity contribution in [2.45, 2.75) is 19.3 Å². The van der Waals surface area contributed by atoms with Crippen LogP contribution in [0, 0.1) is 5.92 Å². The van der Waals surface area contributed by atoms with Gasteiger partial charge in [0.1, 0.15) is 4.88 Å². The van der Waals surface area contributed by atoms with Crippen molar-refractivity contribution in [1.82, 2.24) is 15.2 Å². The Morgan fingerprint density at radius 1 is 1.17 bits per heavy atom. The van der Waals surface area contributed by atoms with E-state index in [0.717, 1.165) is 48.7 Å². The lowest BCUT2D eigenvalue weighted by Gasteiger charge is -2.32. The highest BCUT2D eigenvalue weighted by atomic mass is 35.5. The van der Waals surface area contributed by atoms with E-state index in [4.69, 9.17) is 9.40 Å². The molecule has 1 fully saturated rings. The summed E-state index contributed by atoms with van der Waals surface area (Å²) in [5, 5.41) is 3.97. The van der Waals surface area contributed by atoms with Crippen LogP contribution in [0.15, 0.2) is 53.1 Å². The third kappa shape index (κ3) is 5.43. The first-order chi connectivity index (χ1) is 13.8. The van der Waals surface area contributed by atoms with Crippen LogP contribution in [0.4, 0.5) is 0 Å². The minimum absolute atomic E-state index is 0. The summed E-state index contributed by atoms with van der Waals surface area (Å²) in [6.07, 6.45) is 4.95. The summed E-state index contributed by atoms with van der Waals surface area (Å²) in [5.41, 5.74) is 1.71. The second-order valence-corrected chi connectivity index (χ2v) is 8.17. The first kappa shape index (κ1) is 24.4. The Hall–Kier alpha value is -1.86. The van der Waals surface area contributed by atoms with Crippen LogP contribution < -0.4 is 5.32 Å². The highest BCUT2D eigenvalue weighted by Crippen LogP contribution is 2.35. The second kappa shape index (κ2) is 11.5. The highest BCUT2D eigenvalue weighted by molar-refractivity contribution is 7.17. The van der Waals surface area contributed by atoms with Crippen molar-refractivity contribution < 1.29 is 9.21 Å². The number of nitrogens with zero attached hydrogens (tertiary/aromatic N) is 2. The van der Waals surface area contributed by atoms with Crippen LogP contribution in [0.25, 0.3) is 22.0 Å². The molecular formula is C22H27Cl2N3O2S. The van der Waals surface area contributed by atoms with Crippen molar-refractivity contribution in [3.63, 3.8) is 0 Å². The summed E-state index contributed by atoms with van der Waals surface area (Å²) in [5.74, 6) is 1.48. The predicted octanol–water partition coefficient (Wildman–Crippen LogP) is 5.38. The molecule has 1 N–H and O–H groups in total. The second-order valence-electron chi connectivity index (χ2n) is 7.17. The molecule has 4 rings (SSSR count). The number of carbonyl (C=O) groups excluding carboxylic acids is 1. The van der Waals surface area contributed by atoms with Gasteiger partial charge in [-0.1, -0.05) is 30.3 Å². The van der Waals surface area contributed by atoms with Crippen molar-refractivity contribution in [2.75, 3.05) is 26.7 Å². The standard InChI is InChI=1S/C22H25N3O2S.2ClH/c1-23-12-9-16-10-13-25(14-11-16)22(26)20-19(17-6-3-2-4-7-17)24-21(28-20)18-8-5-15-27-18;;/h2-8,15-16,23H,9-14H2,1H3;2*1H. The minimum atomic E-state index is 0. The third-order valence-electron chi connectivity index (χ3n) is 5.30. The van der Waals surface area contributed by atoms with Crippen molar-refractivity contribution in [3.05, 3.63) is 53.6 Å². The van der Waals surface area contributed by atoms with E-state index in [1.165, 1.54) is 17.8 Å². The van der Waals surface area contributed by atoms with Crippen molar-refractivity contribution >= 4 is 42.1 Å². The molecule has 3 heterocycles. The Morgan fingerprint density at radius 2 is 1.90 bits per heavy atom. The molecule has 0 unspecified atom stereocenters. The van der Waals surface area contributed by atoms with Crippen LogP contribution in [-0.2, 0) is 0 Å². The Morgan fingerprint density at radius 3 is 2.53 bits per heavy atom. The normalized spacial score (nSPS) is 14.1. The maximum atomic E-state index is 13.4. The molecule has 2 aromatic heterocycles. The molecule has 0 spiro atoms. The first-order valence-corrected chi connectivity index (χ1v) is 10.6. The van der Waals surface area contributed by atoms with Gasteiger partial charge in [0.15, 0.2) is 10.8 Å². The average molecular weight is 468 g/mol. The number of carbonyl (C=O) groups is 1. The number of benzene rings is 1. The van der Waals surface area contributed by atoms with Crippen LogP contribution in [0.2, 0.25) is 0 Å². The van der Waals surface area contributed by atoms with Gasteiger partial charge < -0.3 is 14.6 Å². The number of amides is 1. The molecule has 8 heteroatoms. The fourth-order valence-corrected chi connectivity index (χ4v) is 4.70. The summed E-state index contributed by atoms with van der Waals surface area (Å²) >= 11 is 1.42. The maximum absolute atomic E-state index is 13.4. The van der Waals surface area contributed by atoms with Gasteiger partial charge in [-0.05, 0) is 50.9 Å². The lowest BCUT2D eigenvalue weighted by molar-refractivity contribution is 0.0692. The Kier molecular flexibility index (Phi) is 9.37. The number of thiazole rings is 1. The number of furan rings is 1. The summed E-state index contributed by atoms with van der Waals surface area (Å²) in [7, 11) is 1.99. The van der Waals surface area contributed by atoms with Crippen LogP contribution >= 0.6 is 36.2 Å². The van der Waals surface area contributed by atoms with Gasteiger partial charge in [0, 0.05) is 18.7 Å². The number of rotatable bonds is 6. The molecule has 1 saturated heterocycles. The zero-order valence-electron chi connectivity index (χ0n) is 16.9. The number of nitrogens with one attached hydrogen (secondary N) is 1. The third-order valence-corrected chi connectivity index (χ3v) is 6.36. The average Bonchev–Trinajstić information content (AvgIpc) is 3.42. The largest absolute Gasteiger partial charge is 0.462 e. The smallest absolute Gasteiger partial charge is 0.266 e. The number of hydrogen-bond acceptors (Lipinski definition) is 5. The van der Waals surface area contributed by atoms with Crippen molar-refractivity contribution in [1.29, 1.82) is 0 Å². The summed E-state index contributed by atoms with van der Waals surface area (Å²) in [4.78, 5) is 20.8. The number of aromatic nitrogens is 1. The van der Waals surface area contributed by atoms with E-state index in [0.29, 0.717) is 16.6 Å². The molecule has 1 aromatic carbocycles. The molecule has 1 aliphatic heterocycles. The molecule has 0 saturated carbocycles. The Labute approximate surface area is 193 Å². The van der Waals surface area contributed by atoms with Crippen LogP contribution in [0.5, 0.6) is 0 Å². The van der Waals surface area contributed by atoms with Gasteiger partial charge in [-0.25, -0.2) is 4.98 Å². The molecule has 0 radical (unpaired) electrons. The molecule has 3 aromatic rings. The summed E-state index contributed by atoms with van der Waals surface area (Å²) < 4.78 is 5.52. The fraction of sp³-hybridized carbons (Fsp3) is 0.364. The van der Waals surface area contributed by atoms with E-state index in [9.17, 15) is 4.79 Å². The number of likely N-dealkylation sites (tertiary alicyclic amines) is 1. The minimum Gasteiger partial charge on any atom is -0.462 e. The molecule has 0 aliphatic carbocycles. The number of halogens is 2. The van der Waals surface area contributed by atoms with Crippen LogP contribution in [0.1, 0.15) is 28.9 Å². The first-order valence-electron chi connectivity index (χ1n) is 9.80. The molecule has 5 nitrogen and oxygen atoms in total. The molecular weight excluding hydrogens is 441 g/mol. The monoisotopic (exact) mass is 467 g/mol. The maximum Gasteiger partial charge on any atom is 0.266 e. The van der Waals surface area contributed by atoms with Gasteiger partial charge in [0.2, 0.25) is 0 Å². The van der Waals surface area contributed by atoms with Gasteiger partial charge in [0.25, 0.3) is 5.91 Å². The van der Waals surface area contributed by atoms with E-state index >= 15 is 0 Å². The van der Waals surface area contributed by atoms with E-state index < -0.39 is 0 Å². The molecule has 162 valence electrons. The van der Waals surface area contributed by atoms with Crippen molar-refractivity contribution in [2.24, 2.45) is 5.92 Å². The summed E-state index contributed by atoms with van der Waals surface area (Å²) in [6.45, 7) is 2.67. The topological polar surface area (TPSA) is 58.4 Å². The lowest BCUT2D eigenvalue weighted by atomic mass is 9.93. The fourth-order valence-electron chi connectivity index (χ4n) is 3.68. The number of hydrogen-bond donors (Lipinski definition) is 1. The highest BCUT2D eigenvalue weighted by Gasteiger charge is 2.28. The molecule has 0 atom stereocenters. The Bertz CT molecular complexity index is 908. The van der Waals surface area contributed by atoms with Gasteiger partial charge in [-0.2, -0.15) is 0 Å². The molecule has 0 bridgehead atoms. The van der Waals surface area contributed by atoms with E-state index in [1.54, 1.807) is 6.26 Å². The van der Waals surface area contributed by atoms with Gasteiger partial charge in [-0.15, -0.1) is 36.2 Å². The van der Waals surface area contributed by atoms with Crippen LogP contribution in [-0.4, -0.2) is 42.5 Å². The zero-order valence-corrected chi connectivity index (χ0v) is 19.3. The predicted molar refractivity (Wildman–Crippen MR) is 127 cm³/mol. The quantitative estimate of drug-likeness (QED) is 0.528. The summed E-state index contributed by atoms with van der Waals surface area (Å²) in [6, 6.07) is 13.7. The molecule has 1 amide bonds. The van der Waals surface area contributed by atoms with Gasteiger partial charge in [-0.3, -0.25) is 4.79 Å². The van der Waals surface area contributed by atoms with Gasteiger partial charge >= 0.3 is 0 Å². The SMILES string of the molecule is CNCCC1CCN(C(=O)c2sc(-c3ccco3)nc2-c2ccccc2)CC1.Cl.Cl. The van der Waals surface area contributed by atoms with E-state index in [-0.39, 0.29) is 30.7 Å². The van der Waals surface area contributed by atoms with E-state index in [1.807, 2.05) is 54.4 Å². The molecule has 30 heavy (non-hydrogen) atoms. The van der Waals surface area contributed by atoms with E-state index in [2.05, 4.69) is 5.32 Å². The van der Waals surface area contributed by atoms with Crippen LogP contribution in [0.3, 0.4) is 0 Å². The van der Waals surface area contributed by atoms with Gasteiger partial charge in [0.05, 0.1) is 12.0 Å². The molecule has 1 aliphatic rings. The number of piperidine rings is 1. The van der Waals surface area contributed by atoms with Crippen molar-refractivity contribution in [3.8, 4) is 22.0 Å².